The van der Waals surface area contributed by atoms with Gasteiger partial charge >= 0.3 is 0 Å². The Kier molecular flexibility index (Phi) is 1.77. The maximum Gasteiger partial charge on any atom is 0.197 e. The Morgan fingerprint density at radius 3 is 3.08 bits per heavy atom. The molecule has 1 unspecified atom stereocenters. The Hall–Kier alpha value is -1.03. The average Bonchev–Trinajstić information content (AvgIpc) is 2.58. The summed E-state index contributed by atoms with van der Waals surface area (Å²) in [6.07, 6.45) is 4.31. The van der Waals surface area contributed by atoms with Gasteiger partial charge in [-0.3, -0.25) is 4.90 Å². The summed E-state index contributed by atoms with van der Waals surface area (Å²) in [5.74, 6) is 0.519. The van der Waals surface area contributed by atoms with Gasteiger partial charge in [0.15, 0.2) is 5.95 Å². The average molecular weight is 166 g/mol. The summed E-state index contributed by atoms with van der Waals surface area (Å²) in [6, 6.07) is 0.495. The van der Waals surface area contributed by atoms with Crippen LogP contribution in [0.3, 0.4) is 0 Å². The third-order valence-electron chi connectivity index (χ3n) is 2.49. The van der Waals surface area contributed by atoms with E-state index in [1.54, 1.807) is 0 Å². The number of nitrogens with two attached hydrogens (primary N) is 1. The summed E-state index contributed by atoms with van der Waals surface area (Å²) < 4.78 is 0. The van der Waals surface area contributed by atoms with Crippen molar-refractivity contribution in [2.45, 2.75) is 18.9 Å². The van der Waals surface area contributed by atoms with Crippen molar-refractivity contribution in [1.82, 2.24) is 14.9 Å². The largest absolute Gasteiger partial charge is 0.369 e. The normalized spacial score (nSPS) is 24.9. The lowest BCUT2D eigenvalue weighted by atomic mass is 10.2. The fourth-order valence-electron chi connectivity index (χ4n) is 1.82. The van der Waals surface area contributed by atoms with E-state index < -0.39 is 0 Å². The number of aromatic nitrogens is 2. The van der Waals surface area contributed by atoms with E-state index in [1.165, 1.54) is 19.4 Å². The predicted molar refractivity (Wildman–Crippen MR) is 47.6 cm³/mol. The number of anilines is 1. The summed E-state index contributed by atoms with van der Waals surface area (Å²) in [6.45, 7) is 1.17. The number of H-pyrrole nitrogens is 1. The fraction of sp³-hybridized carbons (Fsp3) is 0.625. The molecule has 0 aromatic carbocycles. The Morgan fingerprint density at radius 1 is 1.75 bits per heavy atom. The topological polar surface area (TPSA) is 57.9 Å². The number of likely N-dealkylation sites (tertiary alicyclic amines) is 1. The van der Waals surface area contributed by atoms with Crippen LogP contribution in [0, 0.1) is 0 Å². The first-order valence-electron chi connectivity index (χ1n) is 4.28. The molecule has 0 spiro atoms. The van der Waals surface area contributed by atoms with Gasteiger partial charge in [-0.05, 0) is 26.4 Å². The van der Waals surface area contributed by atoms with Crippen molar-refractivity contribution in [2.24, 2.45) is 0 Å². The lowest BCUT2D eigenvalue weighted by Gasteiger charge is -2.16. The van der Waals surface area contributed by atoms with Gasteiger partial charge < -0.3 is 10.7 Å². The first kappa shape index (κ1) is 7.61. The van der Waals surface area contributed by atoms with Crippen molar-refractivity contribution in [3.8, 4) is 0 Å². The highest BCUT2D eigenvalue weighted by Crippen LogP contribution is 2.28. The quantitative estimate of drug-likeness (QED) is 0.647. The maximum atomic E-state index is 5.51. The zero-order valence-electron chi connectivity index (χ0n) is 7.25. The molecule has 1 aromatic rings. The third-order valence-corrected chi connectivity index (χ3v) is 2.49. The number of hydrogen-bond donors (Lipinski definition) is 2. The number of imidazole rings is 1. The standard InChI is InChI=1S/C8H14N4/c1-12-4-2-3-7(12)6-5-10-8(9)11-6/h5,7H,2-4H2,1H3,(H3,9,10,11). The number of nitrogen functional groups attached to an aromatic ring is 1. The van der Waals surface area contributed by atoms with Crippen molar-refractivity contribution in [1.29, 1.82) is 0 Å². The molecular formula is C8H14N4. The molecule has 0 saturated carbocycles. The van der Waals surface area contributed by atoms with E-state index in [1.807, 2.05) is 6.20 Å². The molecule has 1 aromatic heterocycles. The minimum absolute atomic E-state index is 0.495. The summed E-state index contributed by atoms with van der Waals surface area (Å²) in [5.41, 5.74) is 6.65. The minimum atomic E-state index is 0.495. The molecule has 2 rings (SSSR count). The van der Waals surface area contributed by atoms with Gasteiger partial charge in [0, 0.05) is 0 Å². The van der Waals surface area contributed by atoms with Crippen molar-refractivity contribution >= 4 is 5.95 Å². The highest BCUT2D eigenvalue weighted by atomic mass is 15.2. The molecule has 1 fully saturated rings. The van der Waals surface area contributed by atoms with Gasteiger partial charge in [-0.2, -0.15) is 0 Å². The smallest absolute Gasteiger partial charge is 0.197 e. The fourth-order valence-corrected chi connectivity index (χ4v) is 1.82. The van der Waals surface area contributed by atoms with Gasteiger partial charge in [-0.15, -0.1) is 0 Å². The van der Waals surface area contributed by atoms with Crippen LogP contribution in [-0.4, -0.2) is 28.5 Å². The molecule has 66 valence electrons. The molecule has 12 heavy (non-hydrogen) atoms. The third kappa shape index (κ3) is 1.18. The first-order chi connectivity index (χ1) is 5.77. The Morgan fingerprint density at radius 2 is 2.58 bits per heavy atom. The van der Waals surface area contributed by atoms with Crippen LogP contribution in [0.2, 0.25) is 0 Å². The van der Waals surface area contributed by atoms with Crippen LogP contribution in [0.4, 0.5) is 5.95 Å². The monoisotopic (exact) mass is 166 g/mol. The van der Waals surface area contributed by atoms with Gasteiger partial charge in [-0.25, -0.2) is 4.98 Å². The lowest BCUT2D eigenvalue weighted by molar-refractivity contribution is 0.313. The van der Waals surface area contributed by atoms with Crippen molar-refractivity contribution in [3.63, 3.8) is 0 Å². The van der Waals surface area contributed by atoms with E-state index in [2.05, 4.69) is 21.9 Å². The molecule has 3 N–H and O–H groups in total. The summed E-state index contributed by atoms with van der Waals surface area (Å²) in [4.78, 5) is 9.39. The molecule has 4 heteroatoms. The molecule has 4 nitrogen and oxygen atoms in total. The second-order valence-electron chi connectivity index (χ2n) is 3.36. The van der Waals surface area contributed by atoms with E-state index in [9.17, 15) is 0 Å². The molecule has 0 bridgehead atoms. The first-order valence-corrected chi connectivity index (χ1v) is 4.28. The zero-order chi connectivity index (χ0) is 8.55. The van der Waals surface area contributed by atoms with E-state index in [-0.39, 0.29) is 0 Å². The maximum absolute atomic E-state index is 5.51. The number of nitrogens with zero attached hydrogens (tertiary/aromatic N) is 2. The van der Waals surface area contributed by atoms with Gasteiger partial charge in [0.1, 0.15) is 0 Å². The van der Waals surface area contributed by atoms with Gasteiger partial charge in [0.05, 0.1) is 17.9 Å². The Bertz CT molecular complexity index is 268. The molecule has 0 aliphatic carbocycles. The number of nitrogens with one attached hydrogen (secondary N) is 1. The highest BCUT2D eigenvalue weighted by Gasteiger charge is 2.23. The van der Waals surface area contributed by atoms with Crippen LogP contribution >= 0.6 is 0 Å². The van der Waals surface area contributed by atoms with E-state index in [0.717, 1.165) is 5.69 Å². The summed E-state index contributed by atoms with van der Waals surface area (Å²) in [5, 5.41) is 0. The lowest BCUT2D eigenvalue weighted by Crippen LogP contribution is -2.17. The molecule has 1 atom stereocenters. The van der Waals surface area contributed by atoms with Gasteiger partial charge in [0.2, 0.25) is 0 Å². The highest BCUT2D eigenvalue weighted by molar-refractivity contribution is 5.21. The minimum Gasteiger partial charge on any atom is -0.369 e. The van der Waals surface area contributed by atoms with E-state index >= 15 is 0 Å². The number of hydrogen-bond acceptors (Lipinski definition) is 3. The van der Waals surface area contributed by atoms with Crippen LogP contribution in [0.5, 0.6) is 0 Å². The van der Waals surface area contributed by atoms with Crippen molar-refractivity contribution in [3.05, 3.63) is 11.9 Å². The second kappa shape index (κ2) is 2.79. The number of aromatic amines is 1. The van der Waals surface area contributed by atoms with Crippen LogP contribution in [-0.2, 0) is 0 Å². The Labute approximate surface area is 71.8 Å². The molecule has 1 saturated heterocycles. The molecule has 1 aliphatic rings. The molecular weight excluding hydrogens is 152 g/mol. The SMILES string of the molecule is CN1CCCC1c1cnc(N)[nH]1. The van der Waals surface area contributed by atoms with Gasteiger partial charge in [0.25, 0.3) is 0 Å². The van der Waals surface area contributed by atoms with Crippen LogP contribution in [0.15, 0.2) is 6.20 Å². The van der Waals surface area contributed by atoms with Crippen LogP contribution in [0.1, 0.15) is 24.6 Å². The Balaban J connectivity index is 2.19. The van der Waals surface area contributed by atoms with Crippen LogP contribution < -0.4 is 5.73 Å². The summed E-state index contributed by atoms with van der Waals surface area (Å²) in [7, 11) is 2.13. The van der Waals surface area contributed by atoms with Crippen molar-refractivity contribution in [2.75, 3.05) is 19.3 Å². The molecule has 0 amide bonds. The predicted octanol–water partition coefficient (Wildman–Crippen LogP) is 0.759. The van der Waals surface area contributed by atoms with Gasteiger partial charge in [-0.1, -0.05) is 0 Å². The van der Waals surface area contributed by atoms with E-state index in [0.29, 0.717) is 12.0 Å². The van der Waals surface area contributed by atoms with Crippen molar-refractivity contribution < 1.29 is 0 Å². The number of rotatable bonds is 1. The second-order valence-corrected chi connectivity index (χ2v) is 3.36. The zero-order valence-corrected chi connectivity index (χ0v) is 7.25. The molecule has 2 heterocycles. The molecule has 0 radical (unpaired) electrons. The summed E-state index contributed by atoms with van der Waals surface area (Å²) >= 11 is 0. The van der Waals surface area contributed by atoms with Crippen LogP contribution in [0.25, 0.3) is 0 Å². The molecule has 1 aliphatic heterocycles. The van der Waals surface area contributed by atoms with E-state index in [4.69, 9.17) is 5.73 Å².